The number of benzene rings is 1. The van der Waals surface area contributed by atoms with Gasteiger partial charge in [-0.15, -0.1) is 0 Å². The molecule has 0 spiro atoms. The summed E-state index contributed by atoms with van der Waals surface area (Å²) in [4.78, 5) is 39.1. The maximum atomic E-state index is 11.9. The number of pyridine rings is 1. The molecule has 1 atom stereocenters. The second-order valence-electron chi connectivity index (χ2n) is 5.28. The number of carboxylic acids is 1. The summed E-state index contributed by atoms with van der Waals surface area (Å²) in [5.41, 5.74) is -0.882. The van der Waals surface area contributed by atoms with Crippen LogP contribution in [0, 0.1) is 0 Å². The van der Waals surface area contributed by atoms with Crippen LogP contribution in [0.1, 0.15) is 11.6 Å². The highest BCUT2D eigenvalue weighted by atomic mass is 16.4. The first-order valence-electron chi connectivity index (χ1n) is 7.26. The molecular weight excluding hydrogens is 326 g/mol. The third kappa shape index (κ3) is 3.18. The van der Waals surface area contributed by atoms with E-state index in [1.807, 2.05) is 0 Å². The second-order valence-corrected chi connectivity index (χ2v) is 5.28. The summed E-state index contributed by atoms with van der Waals surface area (Å²) in [6.45, 7) is 0. The van der Waals surface area contributed by atoms with Gasteiger partial charge in [-0.25, -0.2) is 4.79 Å². The number of aromatic nitrogens is 1. The maximum absolute atomic E-state index is 11.9. The van der Waals surface area contributed by atoms with Crippen molar-refractivity contribution in [2.24, 2.45) is 0 Å². The molecule has 2 aromatic carbocycles. The van der Waals surface area contributed by atoms with Gasteiger partial charge in [-0.2, -0.15) is 0 Å². The number of nitrogens with one attached hydrogen (secondary N) is 2. The number of nitrogens with zero attached hydrogens (tertiary/aromatic N) is 1. The number of anilines is 3. The number of rotatable bonds is 6. The molecule has 0 fully saturated rings. The van der Waals surface area contributed by atoms with E-state index < -0.39 is 22.9 Å². The minimum atomic E-state index is -1.30. The standard InChI is InChI=1S/C17H13N3O5/c21-11-3-1-2-9(8-11)12(17(24)25)20-14-13(15(22)16(14)23)19-10-4-6-18-7-5-10/h1-8,12,20-21H,(H,18,19)(H,24,25)/t12-/m0/s1. The van der Waals surface area contributed by atoms with Crippen LogP contribution in [-0.4, -0.2) is 21.2 Å². The van der Waals surface area contributed by atoms with Crippen molar-refractivity contribution in [1.29, 1.82) is 0 Å². The highest BCUT2D eigenvalue weighted by molar-refractivity contribution is 5.85. The SMILES string of the molecule is O=C(O)[C@@H](Nc1c(Nc2ccncc2)c(=O)c1=O)c1cccc(O)c1. The average Bonchev–Trinajstić information content (AvgIpc) is 2.61. The fraction of sp³-hybridized carbons (Fsp3) is 0.0588. The molecule has 1 aromatic heterocycles. The molecule has 1 heterocycles. The number of hydrogen-bond acceptors (Lipinski definition) is 7. The van der Waals surface area contributed by atoms with Crippen LogP contribution in [0.3, 0.4) is 0 Å². The van der Waals surface area contributed by atoms with Crippen LogP contribution in [0.5, 0.6) is 5.75 Å². The molecule has 126 valence electrons. The number of hydrogen-bond donors (Lipinski definition) is 4. The van der Waals surface area contributed by atoms with Gasteiger partial charge in [0, 0.05) is 18.1 Å². The first kappa shape index (κ1) is 16.2. The van der Waals surface area contributed by atoms with Crippen molar-refractivity contribution in [2.45, 2.75) is 6.04 Å². The van der Waals surface area contributed by atoms with Gasteiger partial charge < -0.3 is 20.8 Å². The molecule has 8 nitrogen and oxygen atoms in total. The Bertz CT molecular complexity index is 993. The van der Waals surface area contributed by atoms with E-state index in [2.05, 4.69) is 15.6 Å². The molecule has 0 unspecified atom stereocenters. The second kappa shape index (κ2) is 6.44. The van der Waals surface area contributed by atoms with Gasteiger partial charge in [-0.05, 0) is 29.8 Å². The van der Waals surface area contributed by atoms with Gasteiger partial charge in [0.25, 0.3) is 10.9 Å². The first-order chi connectivity index (χ1) is 12.0. The molecule has 0 amide bonds. The number of aromatic hydroxyl groups is 1. The molecule has 4 N–H and O–H groups in total. The van der Waals surface area contributed by atoms with E-state index in [9.17, 15) is 24.6 Å². The van der Waals surface area contributed by atoms with Gasteiger partial charge in [0.2, 0.25) is 0 Å². The highest BCUT2D eigenvalue weighted by Gasteiger charge is 2.27. The van der Waals surface area contributed by atoms with Gasteiger partial charge in [-0.3, -0.25) is 14.6 Å². The Hall–Kier alpha value is -3.68. The number of phenols is 1. The molecule has 0 aliphatic heterocycles. The smallest absolute Gasteiger partial charge is 0.330 e. The van der Waals surface area contributed by atoms with Crippen molar-refractivity contribution in [3.8, 4) is 5.75 Å². The van der Waals surface area contributed by atoms with E-state index in [-0.39, 0.29) is 22.7 Å². The Balaban J connectivity index is 1.91. The van der Waals surface area contributed by atoms with E-state index in [1.54, 1.807) is 12.1 Å². The third-order valence-corrected chi connectivity index (χ3v) is 3.60. The number of phenolic OH excluding ortho intramolecular Hbond substituents is 1. The van der Waals surface area contributed by atoms with Crippen LogP contribution in [-0.2, 0) is 4.79 Å². The van der Waals surface area contributed by atoms with E-state index >= 15 is 0 Å². The minimum Gasteiger partial charge on any atom is -0.508 e. The summed E-state index contributed by atoms with van der Waals surface area (Å²) in [5.74, 6) is -1.36. The summed E-state index contributed by atoms with van der Waals surface area (Å²) in [7, 11) is 0. The van der Waals surface area contributed by atoms with Crippen LogP contribution >= 0.6 is 0 Å². The molecule has 0 radical (unpaired) electrons. The lowest BCUT2D eigenvalue weighted by Crippen LogP contribution is -2.38. The summed E-state index contributed by atoms with van der Waals surface area (Å²) in [6, 6.07) is 7.56. The lowest BCUT2D eigenvalue weighted by Gasteiger charge is -2.20. The molecular formula is C17H13N3O5. The van der Waals surface area contributed by atoms with Crippen LogP contribution in [0.2, 0.25) is 0 Å². The van der Waals surface area contributed by atoms with Crippen molar-refractivity contribution in [3.63, 3.8) is 0 Å². The lowest BCUT2D eigenvalue weighted by atomic mass is 10.0. The van der Waals surface area contributed by atoms with Gasteiger partial charge in [0.1, 0.15) is 17.1 Å². The van der Waals surface area contributed by atoms with Gasteiger partial charge in [-0.1, -0.05) is 12.1 Å². The predicted octanol–water partition coefficient (Wildman–Crippen LogP) is 1.36. The quantitative estimate of drug-likeness (QED) is 0.496. The van der Waals surface area contributed by atoms with Crippen LogP contribution in [0.4, 0.5) is 17.1 Å². The van der Waals surface area contributed by atoms with Crippen molar-refractivity contribution in [1.82, 2.24) is 4.98 Å². The molecule has 0 aliphatic carbocycles. The van der Waals surface area contributed by atoms with Crippen LogP contribution in [0.15, 0.2) is 58.4 Å². The Kier molecular flexibility index (Phi) is 4.17. The maximum Gasteiger partial charge on any atom is 0.330 e. The zero-order valence-electron chi connectivity index (χ0n) is 12.8. The molecule has 0 bridgehead atoms. The van der Waals surface area contributed by atoms with Gasteiger partial charge in [0.15, 0.2) is 6.04 Å². The minimum absolute atomic E-state index is 0.0115. The molecule has 3 rings (SSSR count). The Morgan fingerprint density at radius 3 is 2.36 bits per heavy atom. The molecule has 0 aliphatic rings. The lowest BCUT2D eigenvalue weighted by molar-refractivity contribution is -0.138. The summed E-state index contributed by atoms with van der Waals surface area (Å²) in [5, 5.41) is 24.3. The summed E-state index contributed by atoms with van der Waals surface area (Å²) >= 11 is 0. The van der Waals surface area contributed by atoms with Crippen molar-refractivity contribution >= 4 is 23.0 Å². The Labute approximate surface area is 141 Å². The van der Waals surface area contributed by atoms with Crippen LogP contribution in [0.25, 0.3) is 0 Å². The zero-order valence-corrected chi connectivity index (χ0v) is 12.8. The molecule has 3 aromatic rings. The van der Waals surface area contributed by atoms with Gasteiger partial charge in [0.05, 0.1) is 0 Å². The highest BCUT2D eigenvalue weighted by Crippen LogP contribution is 2.26. The van der Waals surface area contributed by atoms with Gasteiger partial charge >= 0.3 is 5.97 Å². The zero-order chi connectivity index (χ0) is 18.0. The van der Waals surface area contributed by atoms with E-state index in [1.165, 1.54) is 36.7 Å². The van der Waals surface area contributed by atoms with Crippen molar-refractivity contribution < 1.29 is 15.0 Å². The monoisotopic (exact) mass is 339 g/mol. The molecule has 25 heavy (non-hydrogen) atoms. The van der Waals surface area contributed by atoms with Crippen LogP contribution < -0.4 is 21.5 Å². The van der Waals surface area contributed by atoms with Crippen molar-refractivity contribution in [3.05, 3.63) is 74.8 Å². The third-order valence-electron chi connectivity index (χ3n) is 3.60. The first-order valence-corrected chi connectivity index (χ1v) is 7.26. The summed E-state index contributed by atoms with van der Waals surface area (Å²) < 4.78 is 0. The molecule has 0 saturated heterocycles. The fourth-order valence-electron chi connectivity index (χ4n) is 2.36. The van der Waals surface area contributed by atoms with E-state index in [0.29, 0.717) is 5.69 Å². The topological polar surface area (TPSA) is 129 Å². The van der Waals surface area contributed by atoms with Crippen molar-refractivity contribution in [2.75, 3.05) is 10.6 Å². The number of aliphatic carboxylic acids is 1. The Morgan fingerprint density at radius 1 is 1.04 bits per heavy atom. The van der Waals surface area contributed by atoms with E-state index in [0.717, 1.165) is 0 Å². The molecule has 8 heteroatoms. The predicted molar refractivity (Wildman–Crippen MR) is 91.0 cm³/mol. The number of carboxylic acid groups (broad SMARTS) is 1. The number of carbonyl (C=O) groups is 1. The Morgan fingerprint density at radius 2 is 1.72 bits per heavy atom. The molecule has 0 saturated carbocycles. The fourth-order valence-corrected chi connectivity index (χ4v) is 2.36. The average molecular weight is 339 g/mol. The summed E-state index contributed by atoms with van der Waals surface area (Å²) in [6.07, 6.45) is 3.02. The van der Waals surface area contributed by atoms with E-state index in [4.69, 9.17) is 0 Å². The largest absolute Gasteiger partial charge is 0.508 e. The normalized spacial score (nSPS) is 11.8.